The van der Waals surface area contributed by atoms with Crippen molar-refractivity contribution >= 4 is 17.5 Å². The van der Waals surface area contributed by atoms with Crippen LogP contribution in [0.15, 0.2) is 24.3 Å². The minimum atomic E-state index is 0.0820. The van der Waals surface area contributed by atoms with Gasteiger partial charge in [-0.15, -0.1) is 0 Å². The maximum Gasteiger partial charge on any atom is 0.255 e. The lowest BCUT2D eigenvalue weighted by atomic mass is 10.1. The Labute approximate surface area is 140 Å². The first-order chi connectivity index (χ1) is 10.7. The predicted octanol–water partition coefficient (Wildman–Crippen LogP) is 5.94. The second kappa shape index (κ2) is 11.5. The van der Waals surface area contributed by atoms with Gasteiger partial charge in [0.25, 0.3) is 5.91 Å². The van der Waals surface area contributed by atoms with Crippen molar-refractivity contribution in [2.24, 2.45) is 0 Å². The zero-order valence-electron chi connectivity index (χ0n) is 14.1. The average molecular weight is 324 g/mol. The molecule has 0 bridgehead atoms. The van der Waals surface area contributed by atoms with Crippen LogP contribution in [0.2, 0.25) is 5.02 Å². The van der Waals surface area contributed by atoms with Crippen molar-refractivity contribution in [1.82, 2.24) is 4.90 Å². The first-order valence-electron chi connectivity index (χ1n) is 8.74. The summed E-state index contributed by atoms with van der Waals surface area (Å²) in [6.07, 6.45) is 9.46. The Bertz CT molecular complexity index is 421. The molecular weight excluding hydrogens is 294 g/mol. The number of benzene rings is 1. The lowest BCUT2D eigenvalue weighted by molar-refractivity contribution is 0.0749. The molecule has 0 aromatic heterocycles. The summed E-state index contributed by atoms with van der Waals surface area (Å²) in [6, 6.07) is 7.37. The molecule has 1 rings (SSSR count). The summed E-state index contributed by atoms with van der Waals surface area (Å²) in [5.74, 6) is 0.0820. The molecule has 1 aromatic rings. The van der Waals surface area contributed by atoms with Crippen molar-refractivity contribution < 1.29 is 4.79 Å². The molecule has 0 saturated heterocycles. The molecular formula is C19H30ClNO. The maximum atomic E-state index is 12.7. The van der Waals surface area contributed by atoms with E-state index in [-0.39, 0.29) is 5.91 Å². The van der Waals surface area contributed by atoms with Crippen molar-refractivity contribution in [3.8, 4) is 0 Å². The zero-order valence-corrected chi connectivity index (χ0v) is 14.9. The molecule has 0 atom stereocenters. The molecule has 0 unspecified atom stereocenters. The van der Waals surface area contributed by atoms with Gasteiger partial charge in [-0.05, 0) is 25.0 Å². The Balaban J connectivity index is 2.62. The number of unbranched alkanes of at least 4 members (excludes halogenated alkanes) is 6. The van der Waals surface area contributed by atoms with Crippen LogP contribution in [0, 0.1) is 0 Å². The van der Waals surface area contributed by atoms with E-state index in [1.165, 1.54) is 38.5 Å². The van der Waals surface area contributed by atoms with Gasteiger partial charge in [0, 0.05) is 13.1 Å². The molecule has 124 valence electrons. The third kappa shape index (κ3) is 6.83. The molecule has 0 spiro atoms. The molecule has 0 aliphatic carbocycles. The molecule has 0 aliphatic rings. The Kier molecular flexibility index (Phi) is 9.98. The third-order valence-corrected chi connectivity index (χ3v) is 4.28. The summed E-state index contributed by atoms with van der Waals surface area (Å²) >= 11 is 6.18. The minimum Gasteiger partial charge on any atom is -0.339 e. The van der Waals surface area contributed by atoms with E-state index in [0.29, 0.717) is 10.6 Å². The highest BCUT2D eigenvalue weighted by Gasteiger charge is 2.17. The normalized spacial score (nSPS) is 10.7. The van der Waals surface area contributed by atoms with E-state index in [9.17, 15) is 4.79 Å². The third-order valence-electron chi connectivity index (χ3n) is 3.95. The van der Waals surface area contributed by atoms with Crippen LogP contribution >= 0.6 is 11.6 Å². The highest BCUT2D eigenvalue weighted by atomic mass is 35.5. The first kappa shape index (κ1) is 19.0. The van der Waals surface area contributed by atoms with E-state index in [4.69, 9.17) is 11.6 Å². The van der Waals surface area contributed by atoms with Crippen molar-refractivity contribution in [3.05, 3.63) is 34.9 Å². The van der Waals surface area contributed by atoms with Gasteiger partial charge in [0.05, 0.1) is 10.6 Å². The van der Waals surface area contributed by atoms with Crippen LogP contribution in [0.5, 0.6) is 0 Å². The average Bonchev–Trinajstić information content (AvgIpc) is 2.53. The molecule has 0 aliphatic heterocycles. The quantitative estimate of drug-likeness (QED) is 0.461. The lowest BCUT2D eigenvalue weighted by Crippen LogP contribution is -2.33. The van der Waals surface area contributed by atoms with Crippen LogP contribution < -0.4 is 0 Å². The van der Waals surface area contributed by atoms with Gasteiger partial charge in [0.2, 0.25) is 0 Å². The van der Waals surface area contributed by atoms with Gasteiger partial charge >= 0.3 is 0 Å². The largest absolute Gasteiger partial charge is 0.339 e. The number of hydrogen-bond acceptors (Lipinski definition) is 1. The van der Waals surface area contributed by atoms with Gasteiger partial charge in [-0.25, -0.2) is 0 Å². The van der Waals surface area contributed by atoms with Crippen LogP contribution in [-0.4, -0.2) is 23.9 Å². The fourth-order valence-electron chi connectivity index (χ4n) is 2.58. The number of carbonyl (C=O) groups excluding carboxylic acids is 1. The van der Waals surface area contributed by atoms with E-state index in [1.54, 1.807) is 6.07 Å². The standard InChI is InChI=1S/C19H30ClNO/c1-3-5-7-11-15-21(16-12-8-6-4-2)19(22)17-13-9-10-14-18(17)20/h9-10,13-14H,3-8,11-12,15-16H2,1-2H3. The summed E-state index contributed by atoms with van der Waals surface area (Å²) < 4.78 is 0. The number of hydrogen-bond donors (Lipinski definition) is 0. The zero-order chi connectivity index (χ0) is 16.2. The number of halogens is 1. The highest BCUT2D eigenvalue weighted by Crippen LogP contribution is 2.18. The first-order valence-corrected chi connectivity index (χ1v) is 9.12. The van der Waals surface area contributed by atoms with Gasteiger partial charge in [0.15, 0.2) is 0 Å². The Morgan fingerprint density at radius 3 is 1.95 bits per heavy atom. The van der Waals surface area contributed by atoms with Gasteiger partial charge in [-0.3, -0.25) is 4.79 Å². The van der Waals surface area contributed by atoms with Gasteiger partial charge in [-0.1, -0.05) is 76.1 Å². The van der Waals surface area contributed by atoms with Crippen molar-refractivity contribution in [2.75, 3.05) is 13.1 Å². The molecule has 0 radical (unpaired) electrons. The van der Waals surface area contributed by atoms with Crippen LogP contribution in [0.4, 0.5) is 0 Å². The molecule has 1 amide bonds. The molecule has 1 aromatic carbocycles. The van der Waals surface area contributed by atoms with Crippen LogP contribution in [-0.2, 0) is 0 Å². The second-order valence-corrected chi connectivity index (χ2v) is 6.30. The highest BCUT2D eigenvalue weighted by molar-refractivity contribution is 6.33. The molecule has 3 heteroatoms. The van der Waals surface area contributed by atoms with E-state index < -0.39 is 0 Å². The topological polar surface area (TPSA) is 20.3 Å². The molecule has 0 N–H and O–H groups in total. The number of carbonyl (C=O) groups is 1. The summed E-state index contributed by atoms with van der Waals surface area (Å²) in [5, 5.41) is 0.555. The van der Waals surface area contributed by atoms with Crippen LogP contribution in [0.1, 0.15) is 75.6 Å². The summed E-state index contributed by atoms with van der Waals surface area (Å²) in [7, 11) is 0. The fraction of sp³-hybridized carbons (Fsp3) is 0.632. The fourth-order valence-corrected chi connectivity index (χ4v) is 2.80. The van der Waals surface area contributed by atoms with E-state index in [2.05, 4.69) is 13.8 Å². The van der Waals surface area contributed by atoms with E-state index in [0.717, 1.165) is 25.9 Å². The van der Waals surface area contributed by atoms with Crippen molar-refractivity contribution in [2.45, 2.75) is 65.2 Å². The summed E-state index contributed by atoms with van der Waals surface area (Å²) in [4.78, 5) is 14.7. The number of nitrogens with zero attached hydrogens (tertiary/aromatic N) is 1. The predicted molar refractivity (Wildman–Crippen MR) is 95.6 cm³/mol. The van der Waals surface area contributed by atoms with Crippen LogP contribution in [0.25, 0.3) is 0 Å². The Hall–Kier alpha value is -1.02. The molecule has 0 heterocycles. The Morgan fingerprint density at radius 2 is 1.45 bits per heavy atom. The maximum absolute atomic E-state index is 12.7. The molecule has 22 heavy (non-hydrogen) atoms. The van der Waals surface area contributed by atoms with Crippen LogP contribution in [0.3, 0.4) is 0 Å². The number of amides is 1. The van der Waals surface area contributed by atoms with Gasteiger partial charge in [0.1, 0.15) is 0 Å². The summed E-state index contributed by atoms with van der Waals surface area (Å²) in [6.45, 7) is 6.10. The Morgan fingerprint density at radius 1 is 0.909 bits per heavy atom. The van der Waals surface area contributed by atoms with E-state index >= 15 is 0 Å². The van der Waals surface area contributed by atoms with Crippen molar-refractivity contribution in [3.63, 3.8) is 0 Å². The summed E-state index contributed by atoms with van der Waals surface area (Å²) in [5.41, 5.74) is 0.634. The number of rotatable bonds is 11. The van der Waals surface area contributed by atoms with E-state index in [1.807, 2.05) is 23.1 Å². The van der Waals surface area contributed by atoms with Gasteiger partial charge < -0.3 is 4.90 Å². The molecule has 0 fully saturated rings. The van der Waals surface area contributed by atoms with Crippen molar-refractivity contribution in [1.29, 1.82) is 0 Å². The van der Waals surface area contributed by atoms with Gasteiger partial charge in [-0.2, -0.15) is 0 Å². The monoisotopic (exact) mass is 323 g/mol. The SMILES string of the molecule is CCCCCCN(CCCCCC)C(=O)c1ccccc1Cl. The second-order valence-electron chi connectivity index (χ2n) is 5.89. The minimum absolute atomic E-state index is 0.0820. The molecule has 0 saturated carbocycles. The smallest absolute Gasteiger partial charge is 0.255 e. The molecule has 2 nitrogen and oxygen atoms in total. The lowest BCUT2D eigenvalue weighted by Gasteiger charge is -2.23.